The van der Waals surface area contributed by atoms with E-state index >= 15 is 0 Å². The maximum absolute atomic E-state index is 5.84. The van der Waals surface area contributed by atoms with Crippen molar-refractivity contribution in [3.63, 3.8) is 0 Å². The fourth-order valence-corrected chi connectivity index (χ4v) is 4.15. The summed E-state index contributed by atoms with van der Waals surface area (Å²) in [6.07, 6.45) is 27.5. The summed E-state index contributed by atoms with van der Waals surface area (Å²) in [4.78, 5) is 13.3. The Bertz CT molecular complexity index is 734. The second-order valence-corrected chi connectivity index (χ2v) is 9.62. The van der Waals surface area contributed by atoms with Crippen molar-refractivity contribution in [3.8, 4) is 23.0 Å². The Labute approximate surface area is 214 Å². The molecule has 0 aliphatic carbocycles. The Morgan fingerprint density at radius 2 is 0.914 bits per heavy atom. The van der Waals surface area contributed by atoms with E-state index in [4.69, 9.17) is 9.47 Å². The van der Waals surface area contributed by atoms with Gasteiger partial charge in [0.2, 0.25) is 0 Å². The molecule has 5 heteroatoms. The molecule has 0 radical (unpaired) electrons. The first kappa shape index (κ1) is 29.1. The summed E-state index contributed by atoms with van der Waals surface area (Å²) < 4.78 is 11.6. The van der Waals surface area contributed by atoms with Crippen LogP contribution in [0.25, 0.3) is 11.5 Å². The number of pyridine rings is 1. The SMILES string of the molecule is CCCCCCCCCCCOc1cnc(-c2ccc(OCCCCCCCCCC)cn2)nc1. The van der Waals surface area contributed by atoms with Crippen LogP contribution in [0.15, 0.2) is 30.7 Å². The fraction of sp³-hybridized carbons (Fsp3) is 0.700. The van der Waals surface area contributed by atoms with Crippen LogP contribution >= 0.6 is 0 Å². The molecule has 2 heterocycles. The summed E-state index contributed by atoms with van der Waals surface area (Å²) in [5.41, 5.74) is 0.745. The highest BCUT2D eigenvalue weighted by Crippen LogP contribution is 2.18. The molecular formula is C30H49N3O2. The van der Waals surface area contributed by atoms with E-state index in [1.165, 1.54) is 96.3 Å². The summed E-state index contributed by atoms with van der Waals surface area (Å²) in [7, 11) is 0. The molecule has 5 nitrogen and oxygen atoms in total. The minimum atomic E-state index is 0.607. The molecule has 0 saturated carbocycles. The Balaban J connectivity index is 1.55. The average Bonchev–Trinajstić information content (AvgIpc) is 2.89. The van der Waals surface area contributed by atoms with Gasteiger partial charge in [-0.25, -0.2) is 15.0 Å². The molecule has 0 bridgehead atoms. The van der Waals surface area contributed by atoms with E-state index in [2.05, 4.69) is 28.8 Å². The van der Waals surface area contributed by atoms with E-state index in [0.717, 1.165) is 43.2 Å². The number of ether oxygens (including phenoxy) is 2. The smallest absolute Gasteiger partial charge is 0.178 e. The van der Waals surface area contributed by atoms with E-state index in [1.807, 2.05) is 12.1 Å². The topological polar surface area (TPSA) is 57.1 Å². The predicted molar refractivity (Wildman–Crippen MR) is 146 cm³/mol. The quantitative estimate of drug-likeness (QED) is 0.156. The van der Waals surface area contributed by atoms with E-state index < -0.39 is 0 Å². The lowest BCUT2D eigenvalue weighted by Crippen LogP contribution is -2.00. The van der Waals surface area contributed by atoms with Crippen LogP contribution in [-0.2, 0) is 0 Å². The highest BCUT2D eigenvalue weighted by Gasteiger charge is 2.05. The standard InChI is InChI=1S/C30H49N3O2/c1-3-5-7-9-11-13-15-17-19-23-35-28-25-32-30(33-26-28)29-21-20-27(24-31-29)34-22-18-16-14-12-10-8-6-4-2/h20-21,24-26H,3-19,22-23H2,1-2H3. The molecule has 2 rings (SSSR count). The Morgan fingerprint density at radius 1 is 0.486 bits per heavy atom. The summed E-state index contributed by atoms with van der Waals surface area (Å²) in [6.45, 7) is 6.00. The minimum absolute atomic E-state index is 0.607. The monoisotopic (exact) mass is 483 g/mol. The van der Waals surface area contributed by atoms with Crippen LogP contribution in [0.1, 0.15) is 123 Å². The molecule has 0 fully saturated rings. The van der Waals surface area contributed by atoms with Gasteiger partial charge in [0.1, 0.15) is 11.4 Å². The zero-order chi connectivity index (χ0) is 24.8. The van der Waals surface area contributed by atoms with Crippen LogP contribution in [0.4, 0.5) is 0 Å². The number of hydrogen-bond donors (Lipinski definition) is 0. The molecule has 2 aromatic rings. The zero-order valence-electron chi connectivity index (χ0n) is 22.5. The van der Waals surface area contributed by atoms with Crippen molar-refractivity contribution in [1.82, 2.24) is 15.0 Å². The maximum atomic E-state index is 5.84. The van der Waals surface area contributed by atoms with E-state index in [1.54, 1.807) is 18.6 Å². The van der Waals surface area contributed by atoms with Gasteiger partial charge in [-0.1, -0.05) is 110 Å². The first-order valence-electron chi connectivity index (χ1n) is 14.4. The predicted octanol–water partition coefficient (Wildman–Crippen LogP) is 8.97. The Kier molecular flexibility index (Phi) is 16.7. The molecule has 0 spiro atoms. The molecule has 2 aromatic heterocycles. The number of aromatic nitrogens is 3. The molecule has 0 amide bonds. The summed E-state index contributed by atoms with van der Waals surface area (Å²) in [5.74, 6) is 2.13. The summed E-state index contributed by atoms with van der Waals surface area (Å²) >= 11 is 0. The molecule has 196 valence electrons. The highest BCUT2D eigenvalue weighted by atomic mass is 16.5. The van der Waals surface area contributed by atoms with Gasteiger partial charge in [0.25, 0.3) is 0 Å². The third-order valence-corrected chi connectivity index (χ3v) is 6.38. The van der Waals surface area contributed by atoms with Gasteiger partial charge >= 0.3 is 0 Å². The molecule has 0 atom stereocenters. The first-order valence-corrected chi connectivity index (χ1v) is 14.4. The van der Waals surface area contributed by atoms with Crippen molar-refractivity contribution >= 4 is 0 Å². The Hall–Kier alpha value is -2.17. The van der Waals surface area contributed by atoms with Gasteiger partial charge in [0.05, 0.1) is 31.8 Å². The first-order chi connectivity index (χ1) is 17.3. The van der Waals surface area contributed by atoms with Crippen molar-refractivity contribution < 1.29 is 9.47 Å². The normalized spacial score (nSPS) is 11.0. The lowest BCUT2D eigenvalue weighted by atomic mass is 10.1. The number of nitrogens with zero attached hydrogens (tertiary/aromatic N) is 3. The largest absolute Gasteiger partial charge is 0.492 e. The van der Waals surface area contributed by atoms with Crippen LogP contribution in [0.5, 0.6) is 11.5 Å². The van der Waals surface area contributed by atoms with E-state index in [0.29, 0.717) is 5.82 Å². The molecule has 0 unspecified atom stereocenters. The van der Waals surface area contributed by atoms with Crippen molar-refractivity contribution in [1.29, 1.82) is 0 Å². The lowest BCUT2D eigenvalue weighted by molar-refractivity contribution is 0.302. The van der Waals surface area contributed by atoms with Crippen LogP contribution < -0.4 is 9.47 Å². The van der Waals surface area contributed by atoms with E-state index in [9.17, 15) is 0 Å². The van der Waals surface area contributed by atoms with E-state index in [-0.39, 0.29) is 0 Å². The summed E-state index contributed by atoms with van der Waals surface area (Å²) in [6, 6.07) is 3.87. The molecule has 0 saturated heterocycles. The lowest BCUT2D eigenvalue weighted by Gasteiger charge is -2.08. The van der Waals surface area contributed by atoms with Gasteiger partial charge < -0.3 is 9.47 Å². The molecule has 0 aromatic carbocycles. The van der Waals surface area contributed by atoms with Gasteiger partial charge in [0.15, 0.2) is 11.6 Å². The Morgan fingerprint density at radius 3 is 1.37 bits per heavy atom. The second-order valence-electron chi connectivity index (χ2n) is 9.62. The van der Waals surface area contributed by atoms with Gasteiger partial charge in [-0.15, -0.1) is 0 Å². The van der Waals surface area contributed by atoms with Crippen LogP contribution in [-0.4, -0.2) is 28.2 Å². The van der Waals surface area contributed by atoms with Crippen LogP contribution in [0.2, 0.25) is 0 Å². The molecule has 0 aliphatic heterocycles. The molecule has 35 heavy (non-hydrogen) atoms. The van der Waals surface area contributed by atoms with Gasteiger partial charge in [-0.3, -0.25) is 0 Å². The second kappa shape index (κ2) is 20.1. The molecule has 0 N–H and O–H groups in total. The molecular weight excluding hydrogens is 434 g/mol. The molecule has 0 aliphatic rings. The van der Waals surface area contributed by atoms with Crippen LogP contribution in [0.3, 0.4) is 0 Å². The highest BCUT2D eigenvalue weighted by molar-refractivity contribution is 5.49. The number of hydrogen-bond acceptors (Lipinski definition) is 5. The van der Waals surface area contributed by atoms with Gasteiger partial charge in [0, 0.05) is 0 Å². The van der Waals surface area contributed by atoms with Crippen molar-refractivity contribution in [2.45, 2.75) is 123 Å². The number of unbranched alkanes of at least 4 members (excludes halogenated alkanes) is 15. The third-order valence-electron chi connectivity index (χ3n) is 6.38. The zero-order valence-corrected chi connectivity index (χ0v) is 22.5. The minimum Gasteiger partial charge on any atom is -0.492 e. The maximum Gasteiger partial charge on any atom is 0.178 e. The fourth-order valence-electron chi connectivity index (χ4n) is 4.15. The third kappa shape index (κ3) is 14.1. The van der Waals surface area contributed by atoms with Crippen molar-refractivity contribution in [2.24, 2.45) is 0 Å². The average molecular weight is 484 g/mol. The van der Waals surface area contributed by atoms with Crippen LogP contribution in [0, 0.1) is 0 Å². The van der Waals surface area contributed by atoms with Crippen molar-refractivity contribution in [2.75, 3.05) is 13.2 Å². The van der Waals surface area contributed by atoms with Crippen molar-refractivity contribution in [3.05, 3.63) is 30.7 Å². The van der Waals surface area contributed by atoms with Gasteiger partial charge in [-0.05, 0) is 25.0 Å². The summed E-state index contributed by atoms with van der Waals surface area (Å²) in [5, 5.41) is 0. The number of rotatable bonds is 22. The van der Waals surface area contributed by atoms with Gasteiger partial charge in [-0.2, -0.15) is 0 Å².